The summed E-state index contributed by atoms with van der Waals surface area (Å²) in [4.78, 5) is 23.4. The maximum atomic E-state index is 12.2. The summed E-state index contributed by atoms with van der Waals surface area (Å²) in [5.74, 6) is 0.485. The van der Waals surface area contributed by atoms with Crippen LogP contribution in [-0.4, -0.2) is 18.9 Å². The second-order valence-corrected chi connectivity index (χ2v) is 6.18. The Balaban J connectivity index is 1.98. The van der Waals surface area contributed by atoms with Crippen molar-refractivity contribution in [1.29, 1.82) is 0 Å². The highest BCUT2D eigenvalue weighted by molar-refractivity contribution is 9.10. The first-order chi connectivity index (χ1) is 11.5. The van der Waals surface area contributed by atoms with Crippen molar-refractivity contribution in [2.75, 3.05) is 17.7 Å². The number of hydrogen-bond acceptors (Lipinski definition) is 3. The van der Waals surface area contributed by atoms with E-state index in [9.17, 15) is 9.59 Å². The van der Waals surface area contributed by atoms with Gasteiger partial charge >= 0.3 is 0 Å². The molecule has 0 aliphatic rings. The number of halogens is 1. The highest BCUT2D eigenvalue weighted by Crippen LogP contribution is 2.26. The first-order valence-electron chi connectivity index (χ1n) is 7.48. The van der Waals surface area contributed by atoms with E-state index in [1.807, 2.05) is 24.3 Å². The lowest BCUT2D eigenvalue weighted by Crippen LogP contribution is -2.15. The van der Waals surface area contributed by atoms with E-state index in [1.165, 1.54) is 6.92 Å². The van der Waals surface area contributed by atoms with Crippen LogP contribution in [0.3, 0.4) is 0 Å². The van der Waals surface area contributed by atoms with Crippen LogP contribution in [0.25, 0.3) is 0 Å². The predicted molar refractivity (Wildman–Crippen MR) is 98.4 cm³/mol. The maximum absolute atomic E-state index is 12.2. The molecule has 0 saturated carbocycles. The Morgan fingerprint density at radius 1 is 1.04 bits per heavy atom. The average Bonchev–Trinajstić information content (AvgIpc) is 2.55. The molecule has 2 amide bonds. The molecule has 0 aliphatic heterocycles. The molecular weight excluding hydrogens is 372 g/mol. The number of methoxy groups -OCH3 is 1. The lowest BCUT2D eigenvalue weighted by Gasteiger charge is -2.12. The summed E-state index contributed by atoms with van der Waals surface area (Å²) >= 11 is 3.37. The molecule has 0 spiro atoms. The SMILES string of the molecule is COc1ccc(CCC(=O)Nc2cc(Br)ccc2NC(C)=O)cc1. The molecule has 0 fully saturated rings. The molecule has 0 heterocycles. The van der Waals surface area contributed by atoms with Gasteiger partial charge in [-0.1, -0.05) is 28.1 Å². The third kappa shape index (κ3) is 5.38. The topological polar surface area (TPSA) is 67.4 Å². The van der Waals surface area contributed by atoms with Crippen molar-refractivity contribution < 1.29 is 14.3 Å². The molecule has 2 aromatic rings. The van der Waals surface area contributed by atoms with E-state index in [0.29, 0.717) is 24.2 Å². The Kier molecular flexibility index (Phi) is 6.37. The number of hydrogen-bond donors (Lipinski definition) is 2. The molecule has 0 saturated heterocycles. The zero-order valence-corrected chi connectivity index (χ0v) is 15.1. The molecule has 0 aromatic heterocycles. The summed E-state index contributed by atoms with van der Waals surface area (Å²) in [6.07, 6.45) is 0.970. The van der Waals surface area contributed by atoms with Crippen molar-refractivity contribution >= 4 is 39.1 Å². The molecule has 2 aromatic carbocycles. The van der Waals surface area contributed by atoms with Crippen LogP contribution in [0.1, 0.15) is 18.9 Å². The van der Waals surface area contributed by atoms with E-state index in [2.05, 4.69) is 26.6 Å². The summed E-state index contributed by atoms with van der Waals surface area (Å²) < 4.78 is 5.93. The van der Waals surface area contributed by atoms with Crippen LogP contribution in [0.2, 0.25) is 0 Å². The van der Waals surface area contributed by atoms with Crippen LogP contribution in [-0.2, 0) is 16.0 Å². The predicted octanol–water partition coefficient (Wildman–Crippen LogP) is 3.99. The summed E-state index contributed by atoms with van der Waals surface area (Å²) in [7, 11) is 1.62. The van der Waals surface area contributed by atoms with Gasteiger partial charge in [-0.2, -0.15) is 0 Å². The van der Waals surface area contributed by atoms with Crippen molar-refractivity contribution in [2.24, 2.45) is 0 Å². The number of rotatable bonds is 6. The third-order valence-corrected chi connectivity index (χ3v) is 3.86. The Hall–Kier alpha value is -2.34. The number of aryl methyl sites for hydroxylation is 1. The van der Waals surface area contributed by atoms with Gasteiger partial charge in [-0.05, 0) is 42.3 Å². The van der Waals surface area contributed by atoms with E-state index in [1.54, 1.807) is 25.3 Å². The molecule has 5 nitrogen and oxygen atoms in total. The van der Waals surface area contributed by atoms with Gasteiger partial charge in [0.15, 0.2) is 0 Å². The minimum Gasteiger partial charge on any atom is -0.497 e. The molecule has 0 aliphatic carbocycles. The molecule has 6 heteroatoms. The Morgan fingerprint density at radius 3 is 2.38 bits per heavy atom. The molecule has 2 N–H and O–H groups in total. The van der Waals surface area contributed by atoms with Crippen LogP contribution in [0, 0.1) is 0 Å². The van der Waals surface area contributed by atoms with Gasteiger partial charge in [-0.3, -0.25) is 9.59 Å². The van der Waals surface area contributed by atoms with E-state index in [0.717, 1.165) is 15.8 Å². The number of benzene rings is 2. The van der Waals surface area contributed by atoms with Gasteiger partial charge in [0.2, 0.25) is 11.8 Å². The number of nitrogens with one attached hydrogen (secondary N) is 2. The molecule has 126 valence electrons. The van der Waals surface area contributed by atoms with Crippen molar-refractivity contribution in [3.63, 3.8) is 0 Å². The summed E-state index contributed by atoms with van der Waals surface area (Å²) in [5.41, 5.74) is 2.20. The molecule has 0 unspecified atom stereocenters. The second kappa shape index (κ2) is 8.49. The number of ether oxygens (including phenoxy) is 1. The van der Waals surface area contributed by atoms with E-state index in [-0.39, 0.29) is 11.8 Å². The van der Waals surface area contributed by atoms with Gasteiger partial charge in [-0.25, -0.2) is 0 Å². The maximum Gasteiger partial charge on any atom is 0.224 e. The Morgan fingerprint density at radius 2 is 1.75 bits per heavy atom. The van der Waals surface area contributed by atoms with Gasteiger partial charge in [-0.15, -0.1) is 0 Å². The van der Waals surface area contributed by atoms with E-state index < -0.39 is 0 Å². The zero-order chi connectivity index (χ0) is 17.5. The van der Waals surface area contributed by atoms with Gasteiger partial charge in [0.05, 0.1) is 18.5 Å². The minimum absolute atomic E-state index is 0.115. The quantitative estimate of drug-likeness (QED) is 0.783. The highest BCUT2D eigenvalue weighted by atomic mass is 79.9. The summed E-state index contributed by atoms with van der Waals surface area (Å²) in [6, 6.07) is 12.9. The lowest BCUT2D eigenvalue weighted by atomic mass is 10.1. The van der Waals surface area contributed by atoms with Gasteiger partial charge in [0, 0.05) is 17.8 Å². The van der Waals surface area contributed by atoms with Gasteiger partial charge < -0.3 is 15.4 Å². The van der Waals surface area contributed by atoms with E-state index >= 15 is 0 Å². The van der Waals surface area contributed by atoms with E-state index in [4.69, 9.17) is 4.74 Å². The number of carbonyl (C=O) groups excluding carboxylic acids is 2. The Labute approximate surface area is 149 Å². The summed E-state index contributed by atoms with van der Waals surface area (Å²) in [5, 5.41) is 5.55. The molecule has 0 bridgehead atoms. The standard InChI is InChI=1S/C18H19BrN2O3/c1-12(22)20-16-9-6-14(19)11-17(16)21-18(23)10-5-13-3-7-15(24-2)8-4-13/h3-4,6-9,11H,5,10H2,1-2H3,(H,20,22)(H,21,23). The first kappa shape index (κ1) is 18.0. The van der Waals surface area contributed by atoms with Crippen LogP contribution in [0.4, 0.5) is 11.4 Å². The molecule has 2 rings (SSSR count). The second-order valence-electron chi connectivity index (χ2n) is 5.27. The normalized spacial score (nSPS) is 10.1. The molecule has 0 radical (unpaired) electrons. The van der Waals surface area contributed by atoms with Crippen LogP contribution in [0.5, 0.6) is 5.75 Å². The molecule has 24 heavy (non-hydrogen) atoms. The van der Waals surface area contributed by atoms with Crippen LogP contribution >= 0.6 is 15.9 Å². The highest BCUT2D eigenvalue weighted by Gasteiger charge is 2.09. The monoisotopic (exact) mass is 390 g/mol. The van der Waals surface area contributed by atoms with Crippen molar-refractivity contribution in [1.82, 2.24) is 0 Å². The summed E-state index contributed by atoms with van der Waals surface area (Å²) in [6.45, 7) is 1.43. The Bertz CT molecular complexity index is 730. The zero-order valence-electron chi connectivity index (χ0n) is 13.6. The number of amides is 2. The van der Waals surface area contributed by atoms with Crippen molar-refractivity contribution in [3.8, 4) is 5.75 Å². The van der Waals surface area contributed by atoms with Crippen LogP contribution < -0.4 is 15.4 Å². The fourth-order valence-corrected chi connectivity index (χ4v) is 2.54. The third-order valence-electron chi connectivity index (χ3n) is 3.37. The molecular formula is C18H19BrN2O3. The van der Waals surface area contributed by atoms with Crippen molar-refractivity contribution in [3.05, 3.63) is 52.5 Å². The van der Waals surface area contributed by atoms with Gasteiger partial charge in [0.1, 0.15) is 5.75 Å². The van der Waals surface area contributed by atoms with Gasteiger partial charge in [0.25, 0.3) is 0 Å². The van der Waals surface area contributed by atoms with Crippen molar-refractivity contribution in [2.45, 2.75) is 19.8 Å². The smallest absolute Gasteiger partial charge is 0.224 e. The largest absolute Gasteiger partial charge is 0.497 e. The number of anilines is 2. The fraction of sp³-hybridized carbons (Fsp3) is 0.222. The lowest BCUT2D eigenvalue weighted by molar-refractivity contribution is -0.116. The number of carbonyl (C=O) groups is 2. The van der Waals surface area contributed by atoms with Crippen LogP contribution in [0.15, 0.2) is 46.9 Å². The molecule has 0 atom stereocenters. The average molecular weight is 391 g/mol. The fourth-order valence-electron chi connectivity index (χ4n) is 2.18. The minimum atomic E-state index is -0.189. The first-order valence-corrected chi connectivity index (χ1v) is 8.27.